The molecule has 0 amide bonds. The van der Waals surface area contributed by atoms with Crippen molar-refractivity contribution in [2.45, 2.75) is 242 Å². The summed E-state index contributed by atoms with van der Waals surface area (Å²) in [4.78, 5) is 13.0. The molecule has 0 bridgehead atoms. The summed E-state index contributed by atoms with van der Waals surface area (Å²) >= 11 is 0. The van der Waals surface area contributed by atoms with Crippen molar-refractivity contribution in [2.24, 2.45) is 0 Å². The van der Waals surface area contributed by atoms with Gasteiger partial charge in [-0.05, 0) is 57.8 Å². The summed E-state index contributed by atoms with van der Waals surface area (Å²) in [6.45, 7) is 3.53. The van der Waals surface area contributed by atoms with Crippen LogP contribution in [0.15, 0.2) is 60.8 Å². The third-order valence-electron chi connectivity index (χ3n) is 12.3. The van der Waals surface area contributed by atoms with Crippen LogP contribution in [0.3, 0.4) is 0 Å². The van der Waals surface area contributed by atoms with Gasteiger partial charge in [-0.1, -0.05) is 171 Å². The Kier molecular flexibility index (Phi) is 37.6. The Bertz CT molecular complexity index is 1350. The highest BCUT2D eigenvalue weighted by Gasteiger charge is 2.47. The normalized spacial score (nSPS) is 26.4. The lowest BCUT2D eigenvalue weighted by Gasteiger charge is -2.42. The molecular formula is C54H94O14. The van der Waals surface area contributed by atoms with Crippen molar-refractivity contribution in [3.8, 4) is 0 Å². The molecule has 68 heavy (non-hydrogen) atoms. The van der Waals surface area contributed by atoms with E-state index in [9.17, 15) is 40.5 Å². The van der Waals surface area contributed by atoms with E-state index in [0.717, 1.165) is 89.9 Å². The summed E-state index contributed by atoms with van der Waals surface area (Å²) in [5, 5.41) is 72.1. The molecule has 0 spiro atoms. The molecule has 14 heteroatoms. The van der Waals surface area contributed by atoms with E-state index in [1.54, 1.807) is 0 Å². The number of aliphatic hydroxyl groups excluding tert-OH is 7. The first-order valence-corrected chi connectivity index (χ1v) is 26.4. The van der Waals surface area contributed by atoms with E-state index < -0.39 is 80.7 Å². The number of aliphatic hydroxyl groups is 7. The van der Waals surface area contributed by atoms with Crippen molar-refractivity contribution >= 4 is 5.97 Å². The van der Waals surface area contributed by atoms with Gasteiger partial charge in [-0.15, -0.1) is 0 Å². The average molecular weight is 967 g/mol. The molecule has 0 saturated carbocycles. The highest BCUT2D eigenvalue weighted by molar-refractivity contribution is 5.69. The van der Waals surface area contributed by atoms with Crippen LogP contribution in [0.5, 0.6) is 0 Å². The predicted molar refractivity (Wildman–Crippen MR) is 266 cm³/mol. The third kappa shape index (κ3) is 28.5. The number of esters is 1. The zero-order valence-corrected chi connectivity index (χ0v) is 41.8. The fourth-order valence-corrected chi connectivity index (χ4v) is 8.02. The van der Waals surface area contributed by atoms with Gasteiger partial charge in [0.25, 0.3) is 0 Å². The van der Waals surface area contributed by atoms with Crippen LogP contribution in [0.1, 0.15) is 174 Å². The average Bonchev–Trinajstić information content (AvgIpc) is 3.33. The van der Waals surface area contributed by atoms with Crippen LogP contribution < -0.4 is 0 Å². The summed E-state index contributed by atoms with van der Waals surface area (Å²) in [5.41, 5.74) is 0. The number of ether oxygens (including phenoxy) is 6. The van der Waals surface area contributed by atoms with Crippen molar-refractivity contribution in [3.05, 3.63) is 60.8 Å². The molecule has 0 aliphatic carbocycles. The zero-order chi connectivity index (χ0) is 49.5. The van der Waals surface area contributed by atoms with Crippen molar-refractivity contribution in [2.75, 3.05) is 33.0 Å². The van der Waals surface area contributed by atoms with Gasteiger partial charge >= 0.3 is 5.97 Å². The minimum Gasteiger partial charge on any atom is -0.457 e. The van der Waals surface area contributed by atoms with Crippen molar-refractivity contribution in [3.63, 3.8) is 0 Å². The molecule has 394 valence electrons. The summed E-state index contributed by atoms with van der Waals surface area (Å²) in [5.74, 6) is -0.384. The lowest BCUT2D eigenvalue weighted by atomic mass is 9.98. The quantitative estimate of drug-likeness (QED) is 0.0175. The van der Waals surface area contributed by atoms with E-state index in [1.165, 1.54) is 57.8 Å². The largest absolute Gasteiger partial charge is 0.457 e. The molecule has 11 atom stereocenters. The molecule has 2 fully saturated rings. The highest BCUT2D eigenvalue weighted by atomic mass is 16.7. The first-order valence-electron chi connectivity index (χ1n) is 26.4. The Morgan fingerprint density at radius 1 is 0.500 bits per heavy atom. The topological polar surface area (TPSA) is 214 Å². The van der Waals surface area contributed by atoms with Crippen LogP contribution in [0.4, 0.5) is 0 Å². The molecule has 7 N–H and O–H groups in total. The lowest BCUT2D eigenvalue weighted by Crippen LogP contribution is -2.61. The van der Waals surface area contributed by atoms with Crippen LogP contribution in [0.25, 0.3) is 0 Å². The van der Waals surface area contributed by atoms with Gasteiger partial charge in [0.1, 0.15) is 54.9 Å². The van der Waals surface area contributed by atoms with Crippen LogP contribution >= 0.6 is 0 Å². The Morgan fingerprint density at radius 2 is 0.956 bits per heavy atom. The number of hydrogen-bond acceptors (Lipinski definition) is 14. The second-order valence-corrected chi connectivity index (χ2v) is 18.3. The zero-order valence-electron chi connectivity index (χ0n) is 41.8. The Morgan fingerprint density at radius 3 is 1.50 bits per heavy atom. The van der Waals surface area contributed by atoms with Crippen molar-refractivity contribution in [1.82, 2.24) is 0 Å². The molecule has 2 rings (SSSR count). The molecule has 0 aromatic carbocycles. The molecule has 0 radical (unpaired) electrons. The number of allylic oxidation sites excluding steroid dienone is 10. The van der Waals surface area contributed by atoms with Gasteiger partial charge < -0.3 is 64.2 Å². The van der Waals surface area contributed by atoms with Gasteiger partial charge in [0.2, 0.25) is 0 Å². The maximum Gasteiger partial charge on any atom is 0.306 e. The van der Waals surface area contributed by atoms with Gasteiger partial charge in [0, 0.05) is 13.0 Å². The minimum atomic E-state index is -1.71. The van der Waals surface area contributed by atoms with Crippen LogP contribution in [0, 0.1) is 0 Å². The molecule has 11 unspecified atom stereocenters. The molecule has 0 aromatic heterocycles. The van der Waals surface area contributed by atoms with Gasteiger partial charge in [-0.3, -0.25) is 4.79 Å². The van der Waals surface area contributed by atoms with E-state index in [0.29, 0.717) is 13.0 Å². The Labute approximate surface area is 409 Å². The predicted octanol–water partition coefficient (Wildman–Crippen LogP) is 8.13. The van der Waals surface area contributed by atoms with Gasteiger partial charge in [-0.2, -0.15) is 0 Å². The highest BCUT2D eigenvalue weighted by Crippen LogP contribution is 2.26. The number of hydrogen-bond donors (Lipinski definition) is 7. The van der Waals surface area contributed by atoms with Crippen molar-refractivity contribution < 1.29 is 69.0 Å². The monoisotopic (exact) mass is 967 g/mol. The second kappa shape index (κ2) is 41.3. The molecule has 2 aliphatic heterocycles. The second-order valence-electron chi connectivity index (χ2n) is 18.3. The molecule has 14 nitrogen and oxygen atoms in total. The first kappa shape index (κ1) is 61.8. The number of carbonyl (C=O) groups excluding carboxylic acids is 1. The summed E-state index contributed by atoms with van der Waals surface area (Å²) in [6.07, 6.45) is 32.8. The molecular weight excluding hydrogens is 873 g/mol. The van der Waals surface area contributed by atoms with E-state index in [4.69, 9.17) is 28.4 Å². The number of unbranched alkanes of at least 4 members (excludes halogenated alkanes) is 17. The smallest absolute Gasteiger partial charge is 0.306 e. The first-order chi connectivity index (χ1) is 33.1. The number of rotatable bonds is 41. The Hall–Kier alpha value is -2.31. The van der Waals surface area contributed by atoms with Crippen LogP contribution in [-0.4, -0.2) is 142 Å². The van der Waals surface area contributed by atoms with Crippen LogP contribution in [0.2, 0.25) is 0 Å². The van der Waals surface area contributed by atoms with E-state index in [1.807, 2.05) is 0 Å². The van der Waals surface area contributed by atoms with Crippen molar-refractivity contribution in [1.29, 1.82) is 0 Å². The minimum absolute atomic E-state index is 0.0507. The summed E-state index contributed by atoms with van der Waals surface area (Å²) < 4.78 is 34.3. The van der Waals surface area contributed by atoms with E-state index >= 15 is 0 Å². The van der Waals surface area contributed by atoms with E-state index in [2.05, 4.69) is 74.6 Å². The summed E-state index contributed by atoms with van der Waals surface area (Å²) in [6, 6.07) is 0. The molecule has 2 saturated heterocycles. The maximum atomic E-state index is 13.0. The fraction of sp³-hybridized carbons (Fsp3) is 0.796. The fourth-order valence-electron chi connectivity index (χ4n) is 8.02. The molecule has 0 aromatic rings. The van der Waals surface area contributed by atoms with Crippen LogP contribution in [-0.2, 0) is 33.2 Å². The van der Waals surface area contributed by atoms with Gasteiger partial charge in [0.05, 0.1) is 26.4 Å². The third-order valence-corrected chi connectivity index (χ3v) is 12.3. The van der Waals surface area contributed by atoms with E-state index in [-0.39, 0.29) is 25.6 Å². The van der Waals surface area contributed by atoms with Gasteiger partial charge in [0.15, 0.2) is 12.6 Å². The molecule has 2 aliphatic rings. The molecule has 2 heterocycles. The SMILES string of the molecule is CC/C=C\C/C=C\C/C=C\C/C=C\C/C=C\CCCCCCCCOCC(COC1OC(COC2OC(CO)C(O)C(O)C2O)C(O)C(O)C1O)OC(=O)CCCCCCCCCCCCCC. The lowest BCUT2D eigenvalue weighted by molar-refractivity contribution is -0.332. The Balaban J connectivity index is 1.74. The maximum absolute atomic E-state index is 13.0. The number of carbonyl (C=O) groups is 1. The van der Waals surface area contributed by atoms with Gasteiger partial charge in [-0.25, -0.2) is 0 Å². The standard InChI is InChI=1S/C54H94O14/c1-3-5-7-9-11-13-15-17-18-19-20-21-22-23-24-25-26-28-30-32-34-36-38-63-40-43(66-46(56)37-35-33-31-29-27-16-14-12-10-8-6-4-2)41-64-53-52(62)50(60)48(58)45(68-53)42-65-54-51(61)49(59)47(57)44(39-55)67-54/h5,7,11,13,17-18,20-21,23-24,43-45,47-55,57-62H,3-4,6,8-10,12,14-16,19,22,25-42H2,1-2H3/b7-5-,13-11-,18-17-,21-20-,24-23-. The summed E-state index contributed by atoms with van der Waals surface area (Å²) in [7, 11) is 0.